The summed E-state index contributed by atoms with van der Waals surface area (Å²) in [6.07, 6.45) is 0.208. The van der Waals surface area contributed by atoms with Gasteiger partial charge in [-0.15, -0.1) is 12.6 Å². The van der Waals surface area contributed by atoms with Crippen molar-refractivity contribution in [2.45, 2.75) is 6.42 Å². The van der Waals surface area contributed by atoms with E-state index in [1.54, 1.807) is 32.3 Å². The molecule has 0 fully saturated rings. The quantitative estimate of drug-likeness (QED) is 0.842. The molecule has 1 aromatic carbocycles. The highest BCUT2D eigenvalue weighted by Gasteiger charge is 2.12. The van der Waals surface area contributed by atoms with Crippen molar-refractivity contribution in [3.05, 3.63) is 34.3 Å². The van der Waals surface area contributed by atoms with Gasteiger partial charge in [-0.3, -0.25) is 9.59 Å². The lowest BCUT2D eigenvalue weighted by atomic mass is 10.1. The number of carbonyl (C=O) groups excluding carboxylic acids is 2. The van der Waals surface area contributed by atoms with Gasteiger partial charge in [-0.1, -0.05) is 17.7 Å². The Hall–Kier alpha value is -1.00. The summed E-state index contributed by atoms with van der Waals surface area (Å²) in [5.74, 6) is -0.159. The van der Waals surface area contributed by atoms with Gasteiger partial charge < -0.3 is 4.90 Å². The molecule has 0 bridgehead atoms. The van der Waals surface area contributed by atoms with Gasteiger partial charge in [0.15, 0.2) is 5.12 Å². The third-order valence-corrected chi connectivity index (χ3v) is 2.50. The number of thiol groups is 1. The summed E-state index contributed by atoms with van der Waals surface area (Å²) in [5.41, 5.74) is 1.18. The van der Waals surface area contributed by atoms with Crippen LogP contribution in [0.15, 0.2) is 18.2 Å². The molecule has 3 nitrogen and oxygen atoms in total. The maximum Gasteiger partial charge on any atom is 0.254 e. The molecule has 0 unspecified atom stereocenters. The van der Waals surface area contributed by atoms with Crippen molar-refractivity contribution in [3.8, 4) is 0 Å². The third-order valence-electron chi connectivity index (χ3n) is 2.03. The Labute approximate surface area is 105 Å². The molecule has 1 aromatic rings. The minimum atomic E-state index is -0.234. The van der Waals surface area contributed by atoms with Crippen LogP contribution < -0.4 is 0 Å². The Morgan fingerprint density at radius 2 is 2.00 bits per heavy atom. The van der Waals surface area contributed by atoms with Gasteiger partial charge in [-0.2, -0.15) is 0 Å². The molecule has 0 heterocycles. The first-order chi connectivity index (χ1) is 7.41. The molecule has 1 rings (SSSR count). The Morgan fingerprint density at radius 3 is 2.44 bits per heavy atom. The van der Waals surface area contributed by atoms with Gasteiger partial charge in [-0.25, -0.2) is 0 Å². The van der Waals surface area contributed by atoms with Gasteiger partial charge in [0.2, 0.25) is 0 Å². The van der Waals surface area contributed by atoms with Gasteiger partial charge in [0.25, 0.3) is 5.91 Å². The Morgan fingerprint density at radius 1 is 1.38 bits per heavy atom. The van der Waals surface area contributed by atoms with Crippen molar-refractivity contribution in [1.82, 2.24) is 4.90 Å². The molecular weight excluding hydrogens is 246 g/mol. The summed E-state index contributed by atoms with van der Waals surface area (Å²) >= 11 is 9.65. The van der Waals surface area contributed by atoms with E-state index >= 15 is 0 Å². The third kappa shape index (κ3) is 3.25. The maximum atomic E-state index is 11.7. The zero-order valence-corrected chi connectivity index (χ0v) is 10.7. The largest absolute Gasteiger partial charge is 0.345 e. The van der Waals surface area contributed by atoms with E-state index in [4.69, 9.17) is 11.6 Å². The van der Waals surface area contributed by atoms with Crippen molar-refractivity contribution in [2.75, 3.05) is 14.1 Å². The van der Waals surface area contributed by atoms with Crippen molar-refractivity contribution in [2.24, 2.45) is 0 Å². The van der Waals surface area contributed by atoms with Crippen molar-refractivity contribution >= 4 is 35.3 Å². The van der Waals surface area contributed by atoms with Gasteiger partial charge in [-0.05, 0) is 17.7 Å². The summed E-state index contributed by atoms with van der Waals surface area (Å²) in [7, 11) is 3.31. The number of amides is 1. The van der Waals surface area contributed by atoms with E-state index in [0.717, 1.165) is 5.56 Å². The molecule has 5 heteroatoms. The van der Waals surface area contributed by atoms with Crippen LogP contribution in [0.25, 0.3) is 0 Å². The highest BCUT2D eigenvalue weighted by Crippen LogP contribution is 2.19. The summed E-state index contributed by atoms with van der Waals surface area (Å²) < 4.78 is 0. The first-order valence-corrected chi connectivity index (χ1v) is 5.46. The van der Waals surface area contributed by atoms with Gasteiger partial charge in [0, 0.05) is 20.5 Å². The summed E-state index contributed by atoms with van der Waals surface area (Å²) in [6, 6.07) is 4.94. The fourth-order valence-electron chi connectivity index (χ4n) is 1.26. The van der Waals surface area contributed by atoms with Gasteiger partial charge >= 0.3 is 0 Å². The first kappa shape index (κ1) is 13.1. The van der Waals surface area contributed by atoms with E-state index in [2.05, 4.69) is 12.6 Å². The van der Waals surface area contributed by atoms with E-state index in [-0.39, 0.29) is 17.4 Å². The second kappa shape index (κ2) is 5.37. The molecule has 0 N–H and O–H groups in total. The van der Waals surface area contributed by atoms with Gasteiger partial charge in [0.1, 0.15) is 0 Å². The number of halogens is 1. The highest BCUT2D eigenvalue weighted by atomic mass is 35.5. The monoisotopic (exact) mass is 257 g/mol. The molecule has 0 aliphatic heterocycles. The molecule has 0 spiro atoms. The number of benzene rings is 1. The summed E-state index contributed by atoms with van der Waals surface area (Å²) in [5, 5.41) is 0.119. The zero-order valence-electron chi connectivity index (χ0n) is 9.03. The molecule has 86 valence electrons. The van der Waals surface area contributed by atoms with Crippen molar-refractivity contribution < 1.29 is 9.59 Å². The van der Waals surface area contributed by atoms with E-state index < -0.39 is 0 Å². The van der Waals surface area contributed by atoms with Crippen LogP contribution in [0.2, 0.25) is 5.02 Å². The predicted octanol–water partition coefficient (Wildman–Crippen LogP) is 2.04. The summed E-state index contributed by atoms with van der Waals surface area (Å²) in [6.45, 7) is 0. The van der Waals surface area contributed by atoms with Crippen LogP contribution in [0, 0.1) is 0 Å². The van der Waals surface area contributed by atoms with Crippen molar-refractivity contribution in [1.29, 1.82) is 0 Å². The lowest BCUT2D eigenvalue weighted by molar-refractivity contribution is -0.110. The Kier molecular flexibility index (Phi) is 4.38. The molecule has 0 aromatic heterocycles. The maximum absolute atomic E-state index is 11.7. The van der Waals surface area contributed by atoms with Gasteiger partial charge in [0.05, 0.1) is 10.6 Å². The molecule has 0 atom stereocenters. The fourth-order valence-corrected chi connectivity index (χ4v) is 1.72. The average molecular weight is 258 g/mol. The van der Waals surface area contributed by atoms with Crippen LogP contribution in [-0.4, -0.2) is 30.0 Å². The highest BCUT2D eigenvalue weighted by molar-refractivity contribution is 7.96. The molecule has 1 amide bonds. The standard InChI is InChI=1S/C11H12ClNO2S/c1-13(2)11(15)8-4-3-7(5-9(8)12)6-10(14)16/h3-5H,6H2,1-2H3,(H,14,16). The van der Waals surface area contributed by atoms with E-state index in [9.17, 15) is 9.59 Å². The lowest BCUT2D eigenvalue weighted by Gasteiger charge is -2.12. The Bertz CT molecular complexity index is 432. The van der Waals surface area contributed by atoms with E-state index in [1.807, 2.05) is 0 Å². The van der Waals surface area contributed by atoms with Crippen LogP contribution >= 0.6 is 24.2 Å². The van der Waals surface area contributed by atoms with Crippen LogP contribution in [0.1, 0.15) is 15.9 Å². The topological polar surface area (TPSA) is 37.4 Å². The average Bonchev–Trinajstić information content (AvgIpc) is 2.15. The molecule has 0 radical (unpaired) electrons. The first-order valence-electron chi connectivity index (χ1n) is 4.63. The van der Waals surface area contributed by atoms with Crippen LogP contribution in [0.4, 0.5) is 0 Å². The number of hydrogen-bond acceptors (Lipinski definition) is 2. The predicted molar refractivity (Wildman–Crippen MR) is 67.2 cm³/mol. The van der Waals surface area contributed by atoms with E-state index in [1.165, 1.54) is 4.90 Å². The zero-order chi connectivity index (χ0) is 12.3. The second-order valence-corrected chi connectivity index (χ2v) is 4.49. The number of nitrogens with zero attached hydrogens (tertiary/aromatic N) is 1. The van der Waals surface area contributed by atoms with E-state index in [0.29, 0.717) is 10.6 Å². The second-order valence-electron chi connectivity index (χ2n) is 3.58. The van der Waals surface area contributed by atoms with Crippen LogP contribution in [-0.2, 0) is 11.2 Å². The Balaban J connectivity index is 3.00. The SMILES string of the molecule is CN(C)C(=O)c1ccc(CC(=O)S)cc1Cl. The van der Waals surface area contributed by atoms with Crippen molar-refractivity contribution in [3.63, 3.8) is 0 Å². The fraction of sp³-hybridized carbons (Fsp3) is 0.273. The number of carbonyl (C=O) groups is 2. The lowest BCUT2D eigenvalue weighted by Crippen LogP contribution is -2.22. The minimum absolute atomic E-state index is 0.159. The number of hydrogen-bond donors (Lipinski definition) is 1. The minimum Gasteiger partial charge on any atom is -0.345 e. The summed E-state index contributed by atoms with van der Waals surface area (Å²) in [4.78, 5) is 23.9. The molecule has 0 saturated carbocycles. The molecule has 16 heavy (non-hydrogen) atoms. The molecule has 0 aliphatic carbocycles. The number of rotatable bonds is 3. The molecule has 0 saturated heterocycles. The van der Waals surface area contributed by atoms with Crippen LogP contribution in [0.5, 0.6) is 0 Å². The smallest absolute Gasteiger partial charge is 0.254 e. The molecular formula is C11H12ClNO2S. The molecule has 0 aliphatic rings. The van der Waals surface area contributed by atoms with Crippen LogP contribution in [0.3, 0.4) is 0 Å². The normalized spacial score (nSPS) is 10.0.